The van der Waals surface area contributed by atoms with Gasteiger partial charge < -0.3 is 5.11 Å². The lowest BCUT2D eigenvalue weighted by molar-refractivity contribution is -0.137. The molecule has 0 aromatic rings. The number of carbonyl (C=O) groups is 1. The van der Waals surface area contributed by atoms with Gasteiger partial charge in [0.2, 0.25) is 0 Å². The van der Waals surface area contributed by atoms with Crippen molar-refractivity contribution < 1.29 is 9.90 Å². The van der Waals surface area contributed by atoms with Crippen molar-refractivity contribution in [1.29, 1.82) is 0 Å². The van der Waals surface area contributed by atoms with E-state index < -0.39 is 5.97 Å². The fraction of sp³-hybridized carbons (Fsp3) is 0.944. The summed E-state index contributed by atoms with van der Waals surface area (Å²) in [5.74, 6) is 2.88. The minimum absolute atomic E-state index is 0.359. The predicted octanol–water partition coefficient (Wildman–Crippen LogP) is 4.73. The molecule has 3 aliphatic carbocycles. The second-order valence-corrected chi connectivity index (χ2v) is 8.61. The Bertz CT molecular complexity index is 400. The average molecular weight is 278 g/mol. The lowest BCUT2D eigenvalue weighted by Crippen LogP contribution is -2.33. The molecule has 2 heteroatoms. The maximum atomic E-state index is 10.8. The Morgan fingerprint density at radius 2 is 1.95 bits per heavy atom. The van der Waals surface area contributed by atoms with Crippen LogP contribution in [-0.2, 0) is 4.79 Å². The number of rotatable bonds is 4. The van der Waals surface area contributed by atoms with Gasteiger partial charge in [-0.15, -0.1) is 0 Å². The Morgan fingerprint density at radius 1 is 1.20 bits per heavy atom. The topological polar surface area (TPSA) is 37.3 Å². The van der Waals surface area contributed by atoms with Crippen LogP contribution < -0.4 is 0 Å². The van der Waals surface area contributed by atoms with E-state index in [2.05, 4.69) is 20.8 Å². The zero-order valence-electron chi connectivity index (χ0n) is 13.3. The minimum atomic E-state index is -0.626. The molecule has 0 aliphatic heterocycles. The summed E-state index contributed by atoms with van der Waals surface area (Å²) < 4.78 is 0. The van der Waals surface area contributed by atoms with Gasteiger partial charge in [0.15, 0.2) is 0 Å². The Balaban J connectivity index is 1.81. The molecule has 0 amide bonds. The van der Waals surface area contributed by atoms with Crippen LogP contribution in [0.2, 0.25) is 0 Å². The molecule has 0 aromatic heterocycles. The van der Waals surface area contributed by atoms with E-state index in [-0.39, 0.29) is 0 Å². The quantitative estimate of drug-likeness (QED) is 0.807. The van der Waals surface area contributed by atoms with E-state index in [1.165, 1.54) is 32.1 Å². The molecule has 2 nitrogen and oxygen atoms in total. The summed E-state index contributed by atoms with van der Waals surface area (Å²) >= 11 is 0. The highest BCUT2D eigenvalue weighted by molar-refractivity contribution is 5.66. The summed E-state index contributed by atoms with van der Waals surface area (Å²) in [6.45, 7) is 7.53. The molecule has 3 saturated carbocycles. The molecular weight excluding hydrogens is 248 g/mol. The van der Waals surface area contributed by atoms with E-state index in [1.54, 1.807) is 0 Å². The normalized spacial score (nSPS) is 45.4. The van der Waals surface area contributed by atoms with Crippen molar-refractivity contribution in [3.8, 4) is 0 Å². The van der Waals surface area contributed by atoms with Crippen molar-refractivity contribution in [2.75, 3.05) is 0 Å². The molecule has 0 saturated heterocycles. The molecule has 1 N–H and O–H groups in total. The molecule has 0 aromatic carbocycles. The van der Waals surface area contributed by atoms with Crippen LogP contribution in [0.5, 0.6) is 0 Å². The molecule has 4 bridgehead atoms. The van der Waals surface area contributed by atoms with Gasteiger partial charge in [0, 0.05) is 6.42 Å². The number of carboxylic acid groups (broad SMARTS) is 1. The Kier molecular flexibility index (Phi) is 3.42. The zero-order valence-corrected chi connectivity index (χ0v) is 13.3. The minimum Gasteiger partial charge on any atom is -0.481 e. The van der Waals surface area contributed by atoms with E-state index in [0.29, 0.717) is 17.3 Å². The summed E-state index contributed by atoms with van der Waals surface area (Å²) in [6, 6.07) is 0. The second-order valence-electron chi connectivity index (χ2n) is 8.61. The van der Waals surface area contributed by atoms with Crippen molar-refractivity contribution in [3.63, 3.8) is 0 Å². The van der Waals surface area contributed by atoms with Gasteiger partial charge in [-0.1, -0.05) is 27.2 Å². The predicted molar refractivity (Wildman–Crippen MR) is 80.4 cm³/mol. The number of carboxylic acids is 1. The standard InChI is InChI=1S/C18H30O2/c1-17(2)10-5-11-18(3)13(6-4-7-15(19)20)12-8-9-14(18)16(12)17/h12-14,16H,4-11H2,1-3H3,(H,19,20)/t12-,13+,14-,16+,18-/m1/s1. The molecule has 3 fully saturated rings. The average Bonchev–Trinajstić information content (AvgIpc) is 2.83. The monoisotopic (exact) mass is 278 g/mol. The van der Waals surface area contributed by atoms with Crippen LogP contribution in [0.1, 0.15) is 72.1 Å². The third-order valence-electron chi connectivity index (χ3n) is 7.26. The summed E-state index contributed by atoms with van der Waals surface area (Å²) in [6.07, 6.45) is 9.38. The summed E-state index contributed by atoms with van der Waals surface area (Å²) in [5.41, 5.74) is 1.02. The molecule has 3 rings (SSSR count). The van der Waals surface area contributed by atoms with Gasteiger partial charge in [-0.2, -0.15) is 0 Å². The number of hydrogen-bond donors (Lipinski definition) is 1. The molecule has 0 spiro atoms. The van der Waals surface area contributed by atoms with Gasteiger partial charge in [0.05, 0.1) is 0 Å². The van der Waals surface area contributed by atoms with E-state index >= 15 is 0 Å². The van der Waals surface area contributed by atoms with Crippen molar-refractivity contribution >= 4 is 5.97 Å². The van der Waals surface area contributed by atoms with Crippen LogP contribution in [0.4, 0.5) is 0 Å². The van der Waals surface area contributed by atoms with E-state index in [9.17, 15) is 4.79 Å². The maximum absolute atomic E-state index is 10.8. The fourth-order valence-electron chi connectivity index (χ4n) is 6.59. The first-order valence-electron chi connectivity index (χ1n) is 8.58. The highest BCUT2D eigenvalue weighted by Gasteiger charge is 2.64. The number of aliphatic carboxylic acids is 1. The molecule has 114 valence electrons. The van der Waals surface area contributed by atoms with Crippen molar-refractivity contribution in [2.24, 2.45) is 34.5 Å². The SMILES string of the molecule is CC1(C)CCC[C@@]2(C)[C@@H]3CC[C@@H]([C@@H]31)[C@@H]2CCCC(=O)O. The van der Waals surface area contributed by atoms with Gasteiger partial charge in [-0.05, 0) is 73.0 Å². The summed E-state index contributed by atoms with van der Waals surface area (Å²) in [5, 5.41) is 8.90. The molecule has 5 atom stereocenters. The first kappa shape index (κ1) is 14.4. The molecule has 0 radical (unpaired) electrons. The molecular formula is C18H30O2. The third kappa shape index (κ3) is 2.02. The molecule has 3 aliphatic rings. The van der Waals surface area contributed by atoms with Crippen LogP contribution in [0, 0.1) is 34.5 Å². The highest BCUT2D eigenvalue weighted by atomic mass is 16.4. The van der Waals surface area contributed by atoms with E-state index in [4.69, 9.17) is 5.11 Å². The largest absolute Gasteiger partial charge is 0.481 e. The Labute approximate surface area is 123 Å². The van der Waals surface area contributed by atoms with E-state index in [1.807, 2.05) is 0 Å². The van der Waals surface area contributed by atoms with Crippen molar-refractivity contribution in [3.05, 3.63) is 0 Å². The van der Waals surface area contributed by atoms with Crippen molar-refractivity contribution in [1.82, 2.24) is 0 Å². The molecule has 20 heavy (non-hydrogen) atoms. The molecule has 0 unspecified atom stereocenters. The highest BCUT2D eigenvalue weighted by Crippen LogP contribution is 2.71. The van der Waals surface area contributed by atoms with Gasteiger partial charge >= 0.3 is 5.97 Å². The van der Waals surface area contributed by atoms with Crippen LogP contribution in [0.3, 0.4) is 0 Å². The van der Waals surface area contributed by atoms with Gasteiger partial charge in [0.25, 0.3) is 0 Å². The van der Waals surface area contributed by atoms with Crippen molar-refractivity contribution in [2.45, 2.75) is 72.1 Å². The van der Waals surface area contributed by atoms with Gasteiger partial charge in [-0.3, -0.25) is 4.79 Å². The second kappa shape index (κ2) is 4.74. The lowest BCUT2D eigenvalue weighted by atomic mass is 9.63. The first-order valence-corrected chi connectivity index (χ1v) is 8.58. The maximum Gasteiger partial charge on any atom is 0.303 e. The van der Waals surface area contributed by atoms with Gasteiger partial charge in [0.1, 0.15) is 0 Å². The smallest absolute Gasteiger partial charge is 0.303 e. The zero-order chi connectivity index (χ0) is 14.5. The first-order chi connectivity index (χ1) is 9.36. The Morgan fingerprint density at radius 3 is 2.65 bits per heavy atom. The van der Waals surface area contributed by atoms with Crippen LogP contribution >= 0.6 is 0 Å². The summed E-state index contributed by atoms with van der Waals surface area (Å²) in [7, 11) is 0. The Hall–Kier alpha value is -0.530. The third-order valence-corrected chi connectivity index (χ3v) is 7.26. The van der Waals surface area contributed by atoms with Crippen LogP contribution in [0.15, 0.2) is 0 Å². The summed E-state index contributed by atoms with van der Waals surface area (Å²) in [4.78, 5) is 10.8. The van der Waals surface area contributed by atoms with Crippen LogP contribution in [-0.4, -0.2) is 11.1 Å². The molecule has 0 heterocycles. The lowest BCUT2D eigenvalue weighted by Gasteiger charge is -2.42. The fourth-order valence-corrected chi connectivity index (χ4v) is 6.59. The van der Waals surface area contributed by atoms with Crippen LogP contribution in [0.25, 0.3) is 0 Å². The van der Waals surface area contributed by atoms with Gasteiger partial charge in [-0.25, -0.2) is 0 Å². The van der Waals surface area contributed by atoms with E-state index in [0.717, 1.165) is 36.5 Å². The number of hydrogen-bond acceptors (Lipinski definition) is 1.